The van der Waals surface area contributed by atoms with Crippen molar-refractivity contribution in [2.75, 3.05) is 5.32 Å². The first-order valence-electron chi connectivity index (χ1n) is 6.71. The molecule has 1 aromatic carbocycles. The highest BCUT2D eigenvalue weighted by Gasteiger charge is 2.21. The molecule has 0 unspecified atom stereocenters. The van der Waals surface area contributed by atoms with E-state index in [4.69, 9.17) is 23.2 Å². The van der Waals surface area contributed by atoms with Gasteiger partial charge in [0.05, 0.1) is 5.69 Å². The summed E-state index contributed by atoms with van der Waals surface area (Å²) in [5.41, 5.74) is 1.46. The first-order chi connectivity index (χ1) is 11.0. The average molecular weight is 348 g/mol. The van der Waals surface area contributed by atoms with E-state index in [0.29, 0.717) is 26.6 Å². The zero-order chi connectivity index (χ0) is 16.6. The number of H-pyrrole nitrogens is 1. The van der Waals surface area contributed by atoms with Crippen molar-refractivity contribution in [3.8, 4) is 0 Å². The summed E-state index contributed by atoms with van der Waals surface area (Å²) in [6, 6.07) is 8.17. The van der Waals surface area contributed by atoms with Crippen molar-refractivity contribution < 1.29 is 9.59 Å². The molecule has 3 aromatic rings. The monoisotopic (exact) mass is 347 g/mol. The fraction of sp³-hybridized carbons (Fsp3) is 0.0625. The lowest BCUT2D eigenvalue weighted by atomic mass is 10.1. The van der Waals surface area contributed by atoms with Gasteiger partial charge in [-0.2, -0.15) is 0 Å². The molecule has 0 bridgehead atoms. The van der Waals surface area contributed by atoms with E-state index in [2.05, 4.69) is 15.3 Å². The maximum atomic E-state index is 12.7. The lowest BCUT2D eigenvalue weighted by Gasteiger charge is -2.04. The van der Waals surface area contributed by atoms with Gasteiger partial charge in [-0.3, -0.25) is 14.6 Å². The zero-order valence-electron chi connectivity index (χ0n) is 12.0. The molecule has 5 nitrogen and oxygen atoms in total. The number of aromatic nitrogens is 2. The van der Waals surface area contributed by atoms with Crippen LogP contribution in [-0.2, 0) is 4.79 Å². The number of anilines is 1. The van der Waals surface area contributed by atoms with Crippen LogP contribution in [0.5, 0.6) is 0 Å². The molecule has 2 aromatic heterocycles. The lowest BCUT2D eigenvalue weighted by molar-refractivity contribution is -0.114. The Labute approximate surface area is 141 Å². The maximum Gasteiger partial charge on any atom is 0.229 e. The predicted molar refractivity (Wildman–Crippen MR) is 90.3 cm³/mol. The van der Waals surface area contributed by atoms with Crippen LogP contribution in [0.15, 0.2) is 36.5 Å². The van der Waals surface area contributed by atoms with Crippen LogP contribution in [0.25, 0.3) is 10.9 Å². The van der Waals surface area contributed by atoms with Gasteiger partial charge in [0.15, 0.2) is 0 Å². The molecule has 0 saturated heterocycles. The SMILES string of the molecule is CC(=O)Nc1c(C(=O)c2cc(Cl)ccn2)[nH]c2cc(Cl)ccc12. The van der Waals surface area contributed by atoms with Crippen molar-refractivity contribution in [1.82, 2.24) is 9.97 Å². The number of benzene rings is 1. The molecule has 0 fully saturated rings. The molecular formula is C16H11Cl2N3O2. The number of nitrogens with zero attached hydrogens (tertiary/aromatic N) is 1. The Bertz CT molecular complexity index is 934. The van der Waals surface area contributed by atoms with Crippen molar-refractivity contribution in [3.63, 3.8) is 0 Å². The average Bonchev–Trinajstić information content (AvgIpc) is 2.83. The van der Waals surface area contributed by atoms with Crippen LogP contribution in [0.2, 0.25) is 10.0 Å². The van der Waals surface area contributed by atoms with E-state index >= 15 is 0 Å². The molecule has 7 heteroatoms. The van der Waals surface area contributed by atoms with Gasteiger partial charge in [0.2, 0.25) is 11.7 Å². The maximum absolute atomic E-state index is 12.7. The van der Waals surface area contributed by atoms with Crippen LogP contribution in [0, 0.1) is 0 Å². The van der Waals surface area contributed by atoms with Gasteiger partial charge in [-0.05, 0) is 30.3 Å². The minimum atomic E-state index is -0.372. The number of halogens is 2. The van der Waals surface area contributed by atoms with Gasteiger partial charge in [-0.15, -0.1) is 0 Å². The van der Waals surface area contributed by atoms with Gasteiger partial charge in [0.1, 0.15) is 11.4 Å². The molecule has 116 valence electrons. The first-order valence-corrected chi connectivity index (χ1v) is 7.46. The quantitative estimate of drug-likeness (QED) is 0.701. The summed E-state index contributed by atoms with van der Waals surface area (Å²) in [4.78, 5) is 31.2. The summed E-state index contributed by atoms with van der Waals surface area (Å²) in [5.74, 6) is -0.655. The van der Waals surface area contributed by atoms with E-state index in [1.54, 1.807) is 24.3 Å². The van der Waals surface area contributed by atoms with Gasteiger partial charge >= 0.3 is 0 Å². The summed E-state index contributed by atoms with van der Waals surface area (Å²) in [7, 11) is 0. The number of carbonyl (C=O) groups excluding carboxylic acids is 2. The number of amides is 1. The Morgan fingerprint density at radius 3 is 2.57 bits per heavy atom. The van der Waals surface area contributed by atoms with Crippen LogP contribution in [0.3, 0.4) is 0 Å². The third-order valence-electron chi connectivity index (χ3n) is 3.24. The van der Waals surface area contributed by atoms with Crippen molar-refractivity contribution in [1.29, 1.82) is 0 Å². The van der Waals surface area contributed by atoms with Gasteiger partial charge in [-0.1, -0.05) is 23.2 Å². The standard InChI is InChI=1S/C16H11Cl2N3O2/c1-8(22)20-14-11-3-2-9(17)6-12(11)21-15(14)16(23)13-7-10(18)4-5-19-13/h2-7,21H,1H3,(H,20,22). The number of aromatic amines is 1. The second kappa shape index (κ2) is 6.02. The van der Waals surface area contributed by atoms with Gasteiger partial charge in [0, 0.05) is 34.1 Å². The van der Waals surface area contributed by atoms with Crippen molar-refractivity contribution in [2.24, 2.45) is 0 Å². The largest absolute Gasteiger partial charge is 0.350 e. The van der Waals surface area contributed by atoms with Crippen LogP contribution in [-0.4, -0.2) is 21.7 Å². The summed E-state index contributed by atoms with van der Waals surface area (Å²) >= 11 is 11.9. The van der Waals surface area contributed by atoms with E-state index < -0.39 is 0 Å². The highest BCUT2D eigenvalue weighted by Crippen LogP contribution is 2.31. The molecule has 23 heavy (non-hydrogen) atoms. The number of hydrogen-bond acceptors (Lipinski definition) is 3. The number of rotatable bonds is 3. The third kappa shape index (κ3) is 3.06. The summed E-state index contributed by atoms with van der Waals surface area (Å²) in [6.45, 7) is 1.38. The third-order valence-corrected chi connectivity index (χ3v) is 3.71. The summed E-state index contributed by atoms with van der Waals surface area (Å²) < 4.78 is 0. The predicted octanol–water partition coefficient (Wildman–Crippen LogP) is 4.06. The van der Waals surface area contributed by atoms with Gasteiger partial charge in [0.25, 0.3) is 0 Å². The molecular weight excluding hydrogens is 337 g/mol. The number of nitrogens with one attached hydrogen (secondary N) is 2. The number of hydrogen-bond donors (Lipinski definition) is 2. The van der Waals surface area contributed by atoms with E-state index in [0.717, 1.165) is 0 Å². The molecule has 0 radical (unpaired) electrons. The number of carbonyl (C=O) groups is 2. The molecule has 0 aliphatic carbocycles. The Balaban J connectivity index is 2.19. The summed E-state index contributed by atoms with van der Waals surface area (Å²) in [6.07, 6.45) is 1.45. The first kappa shape index (κ1) is 15.5. The van der Waals surface area contributed by atoms with Crippen molar-refractivity contribution >= 4 is 51.5 Å². The molecule has 3 rings (SSSR count). The second-order valence-electron chi connectivity index (χ2n) is 4.93. The van der Waals surface area contributed by atoms with E-state index in [-0.39, 0.29) is 23.1 Å². The smallest absolute Gasteiger partial charge is 0.229 e. The van der Waals surface area contributed by atoms with Crippen LogP contribution >= 0.6 is 23.2 Å². The Morgan fingerprint density at radius 1 is 1.13 bits per heavy atom. The number of ketones is 1. The van der Waals surface area contributed by atoms with E-state index in [1.165, 1.54) is 19.2 Å². The van der Waals surface area contributed by atoms with Crippen LogP contribution in [0.4, 0.5) is 5.69 Å². The summed E-state index contributed by atoms with van der Waals surface area (Å²) in [5, 5.41) is 4.30. The Morgan fingerprint density at radius 2 is 1.87 bits per heavy atom. The normalized spacial score (nSPS) is 10.7. The fourth-order valence-electron chi connectivity index (χ4n) is 2.30. The Hall–Kier alpha value is -2.37. The number of pyridine rings is 1. The van der Waals surface area contributed by atoms with Crippen molar-refractivity contribution in [3.05, 3.63) is 58.0 Å². The molecule has 0 saturated carbocycles. The Kier molecular flexibility index (Phi) is 4.07. The molecule has 2 heterocycles. The van der Waals surface area contributed by atoms with Gasteiger partial charge in [-0.25, -0.2) is 0 Å². The highest BCUT2D eigenvalue weighted by molar-refractivity contribution is 6.32. The van der Waals surface area contributed by atoms with Crippen LogP contribution in [0.1, 0.15) is 23.1 Å². The highest BCUT2D eigenvalue weighted by atomic mass is 35.5. The van der Waals surface area contributed by atoms with E-state index in [1.807, 2.05) is 0 Å². The molecule has 0 atom stereocenters. The van der Waals surface area contributed by atoms with Crippen molar-refractivity contribution in [2.45, 2.75) is 6.92 Å². The number of fused-ring (bicyclic) bond motifs is 1. The molecule has 2 N–H and O–H groups in total. The van der Waals surface area contributed by atoms with E-state index in [9.17, 15) is 9.59 Å². The minimum absolute atomic E-state index is 0.182. The zero-order valence-corrected chi connectivity index (χ0v) is 13.5. The van der Waals surface area contributed by atoms with Gasteiger partial charge < -0.3 is 10.3 Å². The molecule has 0 aliphatic heterocycles. The molecule has 1 amide bonds. The molecule has 0 spiro atoms. The lowest BCUT2D eigenvalue weighted by Crippen LogP contribution is -2.11. The second-order valence-corrected chi connectivity index (χ2v) is 5.81. The fourth-order valence-corrected chi connectivity index (χ4v) is 2.63. The minimum Gasteiger partial charge on any atom is -0.350 e. The van der Waals surface area contributed by atoms with Crippen LogP contribution < -0.4 is 5.32 Å². The topological polar surface area (TPSA) is 74.8 Å². The molecule has 0 aliphatic rings.